The topological polar surface area (TPSA) is 84.9 Å². The minimum Gasteiger partial charge on any atom is -0.497 e. The van der Waals surface area contributed by atoms with E-state index in [1.807, 2.05) is 0 Å². The highest BCUT2D eigenvalue weighted by atomic mass is 32.2. The number of nitrogens with one attached hydrogen (secondary N) is 1. The van der Waals surface area contributed by atoms with Gasteiger partial charge in [-0.3, -0.25) is 4.79 Å². The summed E-state index contributed by atoms with van der Waals surface area (Å²) in [6.07, 6.45) is 5.61. The van der Waals surface area contributed by atoms with Crippen molar-refractivity contribution in [3.63, 3.8) is 0 Å². The van der Waals surface area contributed by atoms with Crippen LogP contribution >= 0.6 is 0 Å². The lowest BCUT2D eigenvalue weighted by atomic mass is 10.2. The maximum absolute atomic E-state index is 12.0. The van der Waals surface area contributed by atoms with Crippen LogP contribution in [0.4, 0.5) is 0 Å². The van der Waals surface area contributed by atoms with Crippen molar-refractivity contribution in [1.82, 2.24) is 9.62 Å². The molecule has 2 rings (SSSR count). The SMILES string of the molecule is COc1ccc(OCCN(CCC(=O)NC2CCCC2)S(C)(=O)=O)cc1. The third kappa shape index (κ3) is 6.84. The summed E-state index contributed by atoms with van der Waals surface area (Å²) < 4.78 is 35.8. The van der Waals surface area contributed by atoms with E-state index in [2.05, 4.69) is 5.32 Å². The molecular weight excluding hydrogens is 356 g/mol. The van der Waals surface area contributed by atoms with Gasteiger partial charge < -0.3 is 14.8 Å². The van der Waals surface area contributed by atoms with E-state index in [4.69, 9.17) is 9.47 Å². The Morgan fingerprint density at radius 1 is 1.15 bits per heavy atom. The van der Waals surface area contributed by atoms with E-state index < -0.39 is 10.0 Å². The second-order valence-electron chi connectivity index (χ2n) is 6.48. The quantitative estimate of drug-likeness (QED) is 0.665. The summed E-state index contributed by atoms with van der Waals surface area (Å²) in [6.45, 7) is 0.564. The zero-order valence-electron chi connectivity index (χ0n) is 15.4. The Kier molecular flexibility index (Phi) is 7.71. The Labute approximate surface area is 155 Å². The fourth-order valence-corrected chi connectivity index (χ4v) is 3.81. The van der Waals surface area contributed by atoms with Crippen molar-refractivity contribution in [3.8, 4) is 11.5 Å². The number of rotatable bonds is 10. The van der Waals surface area contributed by atoms with Gasteiger partial charge in [0.2, 0.25) is 15.9 Å². The molecule has 0 spiro atoms. The van der Waals surface area contributed by atoms with Crippen molar-refractivity contribution < 1.29 is 22.7 Å². The third-order valence-corrected chi connectivity index (χ3v) is 5.75. The summed E-state index contributed by atoms with van der Waals surface area (Å²) in [5, 5.41) is 2.97. The van der Waals surface area contributed by atoms with Crippen LogP contribution in [0.2, 0.25) is 0 Å². The lowest BCUT2D eigenvalue weighted by molar-refractivity contribution is -0.121. The summed E-state index contributed by atoms with van der Waals surface area (Å²) >= 11 is 0. The van der Waals surface area contributed by atoms with Gasteiger partial charge in [0.05, 0.1) is 13.4 Å². The Morgan fingerprint density at radius 2 is 1.77 bits per heavy atom. The van der Waals surface area contributed by atoms with Crippen LogP contribution in [-0.4, -0.2) is 57.7 Å². The van der Waals surface area contributed by atoms with Crippen molar-refractivity contribution in [3.05, 3.63) is 24.3 Å². The van der Waals surface area contributed by atoms with Gasteiger partial charge in [0.15, 0.2) is 0 Å². The summed E-state index contributed by atoms with van der Waals surface area (Å²) in [4.78, 5) is 12.0. The maximum atomic E-state index is 12.0. The maximum Gasteiger partial charge on any atom is 0.221 e. The van der Waals surface area contributed by atoms with Crippen LogP contribution in [-0.2, 0) is 14.8 Å². The highest BCUT2D eigenvalue weighted by Gasteiger charge is 2.20. The third-order valence-electron chi connectivity index (χ3n) is 4.45. The Morgan fingerprint density at radius 3 is 2.35 bits per heavy atom. The highest BCUT2D eigenvalue weighted by Crippen LogP contribution is 2.18. The van der Waals surface area contributed by atoms with Crippen LogP contribution < -0.4 is 14.8 Å². The molecule has 1 amide bonds. The fourth-order valence-electron chi connectivity index (χ4n) is 2.98. The van der Waals surface area contributed by atoms with E-state index in [1.165, 1.54) is 4.31 Å². The van der Waals surface area contributed by atoms with Crippen molar-refractivity contribution in [2.45, 2.75) is 38.1 Å². The Balaban J connectivity index is 1.78. The first-order chi connectivity index (χ1) is 12.4. The average Bonchev–Trinajstić information content (AvgIpc) is 3.10. The number of carbonyl (C=O) groups excluding carboxylic acids is 1. The largest absolute Gasteiger partial charge is 0.497 e. The van der Waals surface area contributed by atoms with Gasteiger partial charge in [0, 0.05) is 25.6 Å². The summed E-state index contributed by atoms with van der Waals surface area (Å²) in [5.41, 5.74) is 0. The molecule has 0 aliphatic heterocycles. The van der Waals surface area contributed by atoms with Crippen LogP contribution in [0.1, 0.15) is 32.1 Å². The molecule has 1 aromatic carbocycles. The number of nitrogens with zero attached hydrogens (tertiary/aromatic N) is 1. The van der Waals surface area contributed by atoms with Gasteiger partial charge in [0.25, 0.3) is 0 Å². The van der Waals surface area contributed by atoms with Crippen molar-refractivity contribution in [1.29, 1.82) is 0 Å². The first-order valence-corrected chi connectivity index (χ1v) is 10.7. The molecule has 0 radical (unpaired) electrons. The molecule has 1 aromatic rings. The van der Waals surface area contributed by atoms with Crippen LogP contribution in [0.5, 0.6) is 11.5 Å². The first-order valence-electron chi connectivity index (χ1n) is 8.90. The van der Waals surface area contributed by atoms with Gasteiger partial charge in [-0.25, -0.2) is 8.42 Å². The summed E-state index contributed by atoms with van der Waals surface area (Å²) in [7, 11) is -1.81. The minimum atomic E-state index is -3.40. The molecule has 26 heavy (non-hydrogen) atoms. The van der Waals surface area contributed by atoms with E-state index in [0.29, 0.717) is 5.75 Å². The summed E-state index contributed by atoms with van der Waals surface area (Å²) in [5.74, 6) is 1.27. The molecule has 8 heteroatoms. The number of amides is 1. The second-order valence-corrected chi connectivity index (χ2v) is 8.47. The van der Waals surface area contributed by atoms with Crippen LogP contribution in [0.25, 0.3) is 0 Å². The van der Waals surface area contributed by atoms with Gasteiger partial charge in [-0.2, -0.15) is 4.31 Å². The number of sulfonamides is 1. The molecule has 0 heterocycles. The molecule has 0 unspecified atom stereocenters. The molecular formula is C18H28N2O5S. The molecule has 0 saturated heterocycles. The molecule has 0 aromatic heterocycles. The van der Waals surface area contributed by atoms with Gasteiger partial charge in [0.1, 0.15) is 18.1 Å². The lowest BCUT2D eigenvalue weighted by Gasteiger charge is -2.20. The van der Waals surface area contributed by atoms with E-state index in [0.717, 1.165) is 37.7 Å². The molecule has 7 nitrogen and oxygen atoms in total. The zero-order chi connectivity index (χ0) is 19.0. The summed E-state index contributed by atoms with van der Waals surface area (Å²) in [6, 6.07) is 7.32. The van der Waals surface area contributed by atoms with E-state index in [1.54, 1.807) is 31.4 Å². The van der Waals surface area contributed by atoms with Crippen LogP contribution in [0, 0.1) is 0 Å². The van der Waals surface area contributed by atoms with Crippen molar-refractivity contribution in [2.75, 3.05) is 33.1 Å². The predicted molar refractivity (Wildman–Crippen MR) is 99.9 cm³/mol. The number of ether oxygens (including phenoxy) is 2. The average molecular weight is 384 g/mol. The standard InChI is InChI=1S/C18H28N2O5S/c1-24-16-7-9-17(10-8-16)25-14-13-20(26(2,22)23)12-11-18(21)19-15-5-3-4-6-15/h7-10,15H,3-6,11-14H2,1-2H3,(H,19,21). The van der Waals surface area contributed by atoms with E-state index in [-0.39, 0.29) is 38.1 Å². The monoisotopic (exact) mass is 384 g/mol. The van der Waals surface area contributed by atoms with Gasteiger partial charge in [-0.1, -0.05) is 12.8 Å². The highest BCUT2D eigenvalue weighted by molar-refractivity contribution is 7.88. The van der Waals surface area contributed by atoms with Crippen molar-refractivity contribution in [2.24, 2.45) is 0 Å². The van der Waals surface area contributed by atoms with Crippen molar-refractivity contribution >= 4 is 15.9 Å². The second kappa shape index (κ2) is 9.78. The van der Waals surface area contributed by atoms with E-state index in [9.17, 15) is 13.2 Å². The van der Waals surface area contributed by atoms with E-state index >= 15 is 0 Å². The number of hydrogen-bond donors (Lipinski definition) is 1. The molecule has 1 saturated carbocycles. The molecule has 1 aliphatic rings. The number of carbonyl (C=O) groups is 1. The fraction of sp³-hybridized carbons (Fsp3) is 0.611. The Bertz CT molecular complexity index is 669. The molecule has 0 atom stereocenters. The Hall–Kier alpha value is -1.80. The molecule has 1 N–H and O–H groups in total. The number of benzene rings is 1. The number of methoxy groups -OCH3 is 1. The van der Waals surface area contributed by atoms with Gasteiger partial charge >= 0.3 is 0 Å². The predicted octanol–water partition coefficient (Wildman–Crippen LogP) is 1.78. The lowest BCUT2D eigenvalue weighted by Crippen LogP contribution is -2.39. The van der Waals surface area contributed by atoms with Gasteiger partial charge in [-0.05, 0) is 37.1 Å². The minimum absolute atomic E-state index is 0.0957. The number of hydrogen-bond acceptors (Lipinski definition) is 5. The van der Waals surface area contributed by atoms with Crippen LogP contribution in [0.3, 0.4) is 0 Å². The van der Waals surface area contributed by atoms with Gasteiger partial charge in [-0.15, -0.1) is 0 Å². The molecule has 0 bridgehead atoms. The van der Waals surface area contributed by atoms with Crippen LogP contribution in [0.15, 0.2) is 24.3 Å². The molecule has 1 aliphatic carbocycles. The first kappa shape index (κ1) is 20.5. The normalized spacial score (nSPS) is 15.2. The zero-order valence-corrected chi connectivity index (χ0v) is 16.3. The molecule has 1 fully saturated rings. The smallest absolute Gasteiger partial charge is 0.221 e. The molecule has 146 valence electrons.